The summed E-state index contributed by atoms with van der Waals surface area (Å²) in [7, 11) is 0. The topological polar surface area (TPSA) is 32.4 Å². The summed E-state index contributed by atoms with van der Waals surface area (Å²) in [5.74, 6) is 0. The first-order valence-corrected chi connectivity index (χ1v) is 15.4. The fourth-order valence-corrected chi connectivity index (χ4v) is 5.90. The zero-order valence-corrected chi connectivity index (χ0v) is 24.1. The zero-order chi connectivity index (χ0) is 25.1. The van der Waals surface area contributed by atoms with Crippen LogP contribution in [-0.2, 0) is 9.94 Å². The second-order valence-electron chi connectivity index (χ2n) is 12.5. The van der Waals surface area contributed by atoms with Crippen LogP contribution >= 0.6 is 0 Å². The van der Waals surface area contributed by atoms with Crippen LogP contribution in [0.25, 0.3) is 0 Å². The maximum absolute atomic E-state index is 12.4. The van der Waals surface area contributed by atoms with Crippen LogP contribution in [0.4, 0.5) is 0 Å². The molecule has 203 valence electrons. The molecule has 1 rings (SSSR count). The van der Waals surface area contributed by atoms with Crippen molar-refractivity contribution in [3.63, 3.8) is 0 Å². The van der Waals surface area contributed by atoms with Crippen molar-refractivity contribution in [2.75, 3.05) is 6.61 Å². The quantitative estimate of drug-likeness (QED) is 0.144. The molecule has 0 aromatic carbocycles. The van der Waals surface area contributed by atoms with Crippen LogP contribution in [0.15, 0.2) is 0 Å². The fraction of sp³-hybridized carbons (Fsp3) is 1.00. The normalized spacial score (nSPS) is 18.5. The Morgan fingerprint density at radius 3 is 1.18 bits per heavy atom. The molecule has 1 fully saturated rings. The molecular weight excluding hydrogens is 418 g/mol. The largest absolute Gasteiger partial charge is 0.378 e. The molecule has 3 nitrogen and oxygen atoms in total. The average Bonchev–Trinajstić information content (AvgIpc) is 2.78. The molecule has 0 spiro atoms. The summed E-state index contributed by atoms with van der Waals surface area (Å²) >= 11 is 0. The summed E-state index contributed by atoms with van der Waals surface area (Å²) in [6, 6.07) is 0. The minimum absolute atomic E-state index is 0.232. The van der Waals surface area contributed by atoms with Gasteiger partial charge >= 0.3 is 0 Å². The first kappa shape index (κ1) is 31.9. The summed E-state index contributed by atoms with van der Waals surface area (Å²) in [6.45, 7) is 11.4. The Labute approximate surface area is 214 Å². The van der Waals surface area contributed by atoms with Crippen molar-refractivity contribution in [1.29, 1.82) is 0 Å². The number of rotatable bonds is 22. The van der Waals surface area contributed by atoms with Crippen LogP contribution in [-0.4, -0.2) is 28.9 Å². The smallest absolute Gasteiger partial charge is 0.0611 e. The van der Waals surface area contributed by atoms with E-state index in [-0.39, 0.29) is 17.2 Å². The summed E-state index contributed by atoms with van der Waals surface area (Å²) in [4.78, 5) is 0. The van der Waals surface area contributed by atoms with E-state index in [9.17, 15) is 5.21 Å². The molecule has 0 aromatic rings. The van der Waals surface area contributed by atoms with Crippen molar-refractivity contribution >= 4 is 0 Å². The number of unbranched alkanes of at least 4 members (excludes halogenated alkanes) is 19. The Bertz CT molecular complexity index is 444. The highest BCUT2D eigenvalue weighted by Crippen LogP contribution is 2.38. The summed E-state index contributed by atoms with van der Waals surface area (Å²) < 4.78 is 6.17. The van der Waals surface area contributed by atoms with E-state index in [2.05, 4.69) is 34.6 Å². The Kier molecular flexibility index (Phi) is 17.9. The van der Waals surface area contributed by atoms with Crippen molar-refractivity contribution < 1.29 is 9.94 Å². The van der Waals surface area contributed by atoms with E-state index in [1.165, 1.54) is 127 Å². The Morgan fingerprint density at radius 2 is 0.853 bits per heavy atom. The monoisotopic (exact) mass is 480 g/mol. The molecule has 3 heteroatoms. The van der Waals surface area contributed by atoms with Crippen molar-refractivity contribution in [2.45, 2.75) is 193 Å². The van der Waals surface area contributed by atoms with E-state index in [0.29, 0.717) is 0 Å². The van der Waals surface area contributed by atoms with Crippen molar-refractivity contribution in [3.8, 4) is 0 Å². The van der Waals surface area contributed by atoms with Gasteiger partial charge in [0.15, 0.2) is 0 Å². The second kappa shape index (κ2) is 19.1. The zero-order valence-electron chi connectivity index (χ0n) is 24.1. The van der Waals surface area contributed by atoms with Crippen LogP contribution < -0.4 is 0 Å². The van der Waals surface area contributed by atoms with Crippen molar-refractivity contribution in [3.05, 3.63) is 0 Å². The maximum Gasteiger partial charge on any atom is 0.0611 e. The van der Waals surface area contributed by atoms with Crippen LogP contribution in [0, 0.1) is 0 Å². The summed E-state index contributed by atoms with van der Waals surface area (Å²) in [5, 5.41) is 13.7. The van der Waals surface area contributed by atoms with Crippen LogP contribution in [0.5, 0.6) is 0 Å². The van der Waals surface area contributed by atoms with Gasteiger partial charge < -0.3 is 4.74 Å². The van der Waals surface area contributed by atoms with Gasteiger partial charge in [-0.15, -0.1) is 10.3 Å². The SMILES string of the molecule is CCCCCCCCCCCCCCCCCCCCCCOC1CC(C)(C)N([O])C(C)(C)C1. The van der Waals surface area contributed by atoms with Gasteiger partial charge in [-0.25, -0.2) is 0 Å². The van der Waals surface area contributed by atoms with E-state index in [1.807, 2.05) is 0 Å². The number of ether oxygens (including phenoxy) is 1. The van der Waals surface area contributed by atoms with Gasteiger partial charge in [-0.1, -0.05) is 129 Å². The molecule has 0 amide bonds. The van der Waals surface area contributed by atoms with Gasteiger partial charge in [-0.2, -0.15) is 0 Å². The first-order valence-electron chi connectivity index (χ1n) is 15.4. The van der Waals surface area contributed by atoms with Crippen molar-refractivity contribution in [2.24, 2.45) is 0 Å². The molecule has 0 N–H and O–H groups in total. The number of hydrogen-bond acceptors (Lipinski definition) is 2. The Hall–Kier alpha value is -0.120. The highest BCUT2D eigenvalue weighted by Gasteiger charge is 2.46. The second-order valence-corrected chi connectivity index (χ2v) is 12.5. The molecule has 0 aromatic heterocycles. The van der Waals surface area contributed by atoms with Gasteiger partial charge in [-0.3, -0.25) is 0 Å². The molecule has 1 aliphatic rings. The third-order valence-corrected chi connectivity index (χ3v) is 7.91. The van der Waals surface area contributed by atoms with Gasteiger partial charge in [0.25, 0.3) is 0 Å². The van der Waals surface area contributed by atoms with E-state index >= 15 is 0 Å². The van der Waals surface area contributed by atoms with Gasteiger partial charge in [0, 0.05) is 17.7 Å². The molecule has 1 radical (unpaired) electrons. The number of hydrogen-bond donors (Lipinski definition) is 0. The Balaban J connectivity index is 1.79. The molecule has 1 saturated heterocycles. The van der Waals surface area contributed by atoms with E-state index in [4.69, 9.17) is 4.74 Å². The lowest BCUT2D eigenvalue weighted by molar-refractivity contribution is -0.301. The van der Waals surface area contributed by atoms with Gasteiger partial charge in [0.1, 0.15) is 0 Å². The van der Waals surface area contributed by atoms with Gasteiger partial charge in [-0.05, 0) is 47.0 Å². The van der Waals surface area contributed by atoms with Crippen LogP contribution in [0.3, 0.4) is 0 Å². The number of hydroxylamine groups is 2. The predicted octanol–water partition coefficient (Wildman–Crippen LogP) is 10.2. The molecule has 0 atom stereocenters. The van der Waals surface area contributed by atoms with Gasteiger partial charge in [0.05, 0.1) is 6.10 Å². The molecule has 0 unspecified atom stereocenters. The first-order chi connectivity index (χ1) is 16.3. The molecule has 1 aliphatic heterocycles. The molecular formula is C31H62NO2. The van der Waals surface area contributed by atoms with Crippen LogP contribution in [0.1, 0.15) is 176 Å². The minimum Gasteiger partial charge on any atom is -0.378 e. The third-order valence-electron chi connectivity index (χ3n) is 7.91. The number of piperidine rings is 1. The lowest BCUT2D eigenvalue weighted by Gasteiger charge is -2.49. The summed E-state index contributed by atoms with van der Waals surface area (Å²) in [5.41, 5.74) is -0.640. The highest BCUT2D eigenvalue weighted by atomic mass is 16.5. The van der Waals surface area contributed by atoms with Crippen molar-refractivity contribution in [1.82, 2.24) is 5.06 Å². The van der Waals surface area contributed by atoms with E-state index in [1.54, 1.807) is 0 Å². The Morgan fingerprint density at radius 1 is 0.559 bits per heavy atom. The molecule has 1 heterocycles. The van der Waals surface area contributed by atoms with E-state index in [0.717, 1.165) is 25.9 Å². The highest BCUT2D eigenvalue weighted by molar-refractivity contribution is 4.96. The average molecular weight is 481 g/mol. The fourth-order valence-electron chi connectivity index (χ4n) is 5.90. The third kappa shape index (κ3) is 15.1. The van der Waals surface area contributed by atoms with E-state index < -0.39 is 0 Å². The predicted molar refractivity (Wildman–Crippen MR) is 148 cm³/mol. The maximum atomic E-state index is 12.4. The molecule has 0 bridgehead atoms. The molecule has 0 aliphatic carbocycles. The van der Waals surface area contributed by atoms with Gasteiger partial charge in [0.2, 0.25) is 0 Å². The summed E-state index contributed by atoms with van der Waals surface area (Å²) in [6.07, 6.45) is 30.2. The minimum atomic E-state index is -0.320. The molecule has 34 heavy (non-hydrogen) atoms. The number of nitrogens with zero attached hydrogens (tertiary/aromatic N) is 1. The molecule has 0 saturated carbocycles. The lowest BCUT2D eigenvalue weighted by atomic mass is 9.80. The lowest BCUT2D eigenvalue weighted by Crippen LogP contribution is -2.59. The standard InChI is InChI=1S/C31H62NO2/c1-6-7-8-9-10-11-12-13-14-15-16-17-18-19-20-21-22-23-24-25-26-34-29-27-30(2,3)32(33)31(4,5)28-29/h29H,6-28H2,1-5H3. The van der Waals surface area contributed by atoms with Crippen LogP contribution in [0.2, 0.25) is 0 Å².